The number of sulfonamides is 1. The Morgan fingerprint density at radius 1 is 1.03 bits per heavy atom. The van der Waals surface area contributed by atoms with E-state index in [1.807, 2.05) is 30.3 Å². The number of benzene rings is 3. The average molecular weight is 455 g/mol. The fourth-order valence-corrected chi connectivity index (χ4v) is 4.63. The van der Waals surface area contributed by atoms with Crippen LogP contribution in [-0.4, -0.2) is 18.5 Å². The van der Waals surface area contributed by atoms with Crippen LogP contribution in [-0.2, 0) is 10.0 Å². The summed E-state index contributed by atoms with van der Waals surface area (Å²) in [6.07, 6.45) is 1.61. The molecule has 4 aromatic rings. The summed E-state index contributed by atoms with van der Waals surface area (Å²) < 4.78 is 33.8. The van der Waals surface area contributed by atoms with Crippen molar-refractivity contribution in [1.82, 2.24) is 4.98 Å². The van der Waals surface area contributed by atoms with Crippen LogP contribution in [0.15, 0.2) is 71.8 Å². The zero-order valence-electron chi connectivity index (χ0n) is 16.8. The highest BCUT2D eigenvalue weighted by Crippen LogP contribution is 2.37. The Morgan fingerprint density at radius 3 is 2.55 bits per heavy atom. The Morgan fingerprint density at radius 2 is 1.81 bits per heavy atom. The smallest absolute Gasteiger partial charge is 0.265 e. The van der Waals surface area contributed by atoms with E-state index in [0.717, 1.165) is 16.5 Å². The molecule has 6 nitrogen and oxygen atoms in total. The summed E-state index contributed by atoms with van der Waals surface area (Å²) in [6.45, 7) is 3.52. The molecule has 0 aliphatic rings. The molecule has 0 spiro atoms. The molecule has 0 saturated carbocycles. The lowest BCUT2D eigenvalue weighted by Crippen LogP contribution is -2.13. The lowest BCUT2D eigenvalue weighted by atomic mass is 10.2. The van der Waals surface area contributed by atoms with Crippen molar-refractivity contribution in [2.24, 2.45) is 0 Å². The quantitative estimate of drug-likeness (QED) is 0.397. The first-order valence-corrected chi connectivity index (χ1v) is 11.2. The number of hydrogen-bond donors (Lipinski definition) is 2. The normalized spacial score (nSPS) is 11.5. The van der Waals surface area contributed by atoms with E-state index in [9.17, 15) is 13.5 Å². The highest BCUT2D eigenvalue weighted by molar-refractivity contribution is 7.92. The fourth-order valence-electron chi connectivity index (χ4n) is 3.21. The number of rotatable bonds is 5. The molecule has 2 N–H and O–H groups in total. The number of para-hydroxylation sites is 1. The maximum atomic E-state index is 12.7. The molecule has 0 aliphatic heterocycles. The molecule has 0 aliphatic carbocycles. The third-order valence-corrected chi connectivity index (χ3v) is 6.38. The van der Waals surface area contributed by atoms with Crippen LogP contribution in [0.25, 0.3) is 10.9 Å². The summed E-state index contributed by atoms with van der Waals surface area (Å²) in [5, 5.41) is 11.2. The Hall–Kier alpha value is -3.29. The first-order valence-electron chi connectivity index (χ1n) is 9.38. The zero-order valence-corrected chi connectivity index (χ0v) is 18.3. The second-order valence-electron chi connectivity index (χ2n) is 7.15. The van der Waals surface area contributed by atoms with Gasteiger partial charge in [0.25, 0.3) is 10.0 Å². The Balaban J connectivity index is 1.62. The number of nitrogens with one attached hydrogen (secondary N) is 1. The Labute approximate surface area is 185 Å². The number of anilines is 1. The summed E-state index contributed by atoms with van der Waals surface area (Å²) in [7, 11) is -4.00. The van der Waals surface area contributed by atoms with E-state index < -0.39 is 10.0 Å². The number of aromatic hydroxyl groups is 1. The molecule has 0 amide bonds. The number of aromatic nitrogens is 1. The number of fused-ring (bicyclic) bond motifs is 1. The lowest BCUT2D eigenvalue weighted by Gasteiger charge is -2.15. The second kappa shape index (κ2) is 8.09. The van der Waals surface area contributed by atoms with Crippen LogP contribution >= 0.6 is 11.6 Å². The number of ether oxygens (including phenoxy) is 1. The van der Waals surface area contributed by atoms with E-state index in [1.165, 1.54) is 18.2 Å². The number of hydrogen-bond acceptors (Lipinski definition) is 5. The molecule has 31 heavy (non-hydrogen) atoms. The highest BCUT2D eigenvalue weighted by atomic mass is 35.5. The van der Waals surface area contributed by atoms with E-state index in [-0.39, 0.29) is 21.4 Å². The largest absolute Gasteiger partial charge is 0.507 e. The summed E-state index contributed by atoms with van der Waals surface area (Å²) >= 11 is 6.40. The van der Waals surface area contributed by atoms with Crippen LogP contribution in [0, 0.1) is 13.8 Å². The summed E-state index contributed by atoms with van der Waals surface area (Å²) in [6, 6.07) is 16.9. The molecule has 8 heteroatoms. The maximum absolute atomic E-state index is 12.7. The second-order valence-corrected chi connectivity index (χ2v) is 9.20. The monoisotopic (exact) mass is 454 g/mol. The number of phenols is 1. The lowest BCUT2D eigenvalue weighted by molar-refractivity contribution is 0.458. The van der Waals surface area contributed by atoms with Gasteiger partial charge < -0.3 is 9.84 Å². The van der Waals surface area contributed by atoms with Gasteiger partial charge in [-0.1, -0.05) is 35.9 Å². The number of phenolic OH excluding ortho intramolecular Hbond substituents is 1. The van der Waals surface area contributed by atoms with Crippen LogP contribution < -0.4 is 9.46 Å². The molecule has 0 bridgehead atoms. The van der Waals surface area contributed by atoms with E-state index in [4.69, 9.17) is 16.3 Å². The van der Waals surface area contributed by atoms with Gasteiger partial charge in [-0.15, -0.1) is 0 Å². The molecule has 4 rings (SSSR count). The molecule has 0 fully saturated rings. The van der Waals surface area contributed by atoms with E-state index >= 15 is 0 Å². The Kier molecular flexibility index (Phi) is 5.47. The number of nitrogens with zero attached hydrogens (tertiary/aromatic N) is 1. The molecule has 1 heterocycles. The van der Waals surface area contributed by atoms with Gasteiger partial charge in [0.1, 0.15) is 22.1 Å². The minimum Gasteiger partial charge on any atom is -0.507 e. The van der Waals surface area contributed by atoms with Crippen molar-refractivity contribution in [2.45, 2.75) is 18.7 Å². The maximum Gasteiger partial charge on any atom is 0.265 e. The fraction of sp³-hybridized carbons (Fsp3) is 0.0870. The summed E-state index contributed by atoms with van der Waals surface area (Å²) in [5.41, 5.74) is 2.49. The molecule has 0 atom stereocenters. The van der Waals surface area contributed by atoms with Crippen molar-refractivity contribution in [3.05, 3.63) is 83.0 Å². The van der Waals surface area contributed by atoms with Gasteiger partial charge in [0.2, 0.25) is 0 Å². The van der Waals surface area contributed by atoms with Gasteiger partial charge in [0, 0.05) is 5.39 Å². The summed E-state index contributed by atoms with van der Waals surface area (Å²) in [5.74, 6) is 0.598. The van der Waals surface area contributed by atoms with Crippen molar-refractivity contribution < 1.29 is 18.3 Å². The van der Waals surface area contributed by atoms with Gasteiger partial charge in [-0.25, -0.2) is 8.42 Å². The van der Waals surface area contributed by atoms with Crippen molar-refractivity contribution in [1.29, 1.82) is 0 Å². The van der Waals surface area contributed by atoms with E-state index in [0.29, 0.717) is 17.1 Å². The third kappa shape index (κ3) is 4.42. The van der Waals surface area contributed by atoms with Gasteiger partial charge in [-0.3, -0.25) is 9.71 Å². The minimum absolute atomic E-state index is 0.213. The molecule has 0 saturated heterocycles. The Bertz CT molecular complexity index is 1380. The highest BCUT2D eigenvalue weighted by Gasteiger charge is 2.20. The van der Waals surface area contributed by atoms with Crippen LogP contribution in [0.3, 0.4) is 0 Å². The topological polar surface area (TPSA) is 88.5 Å². The van der Waals surface area contributed by atoms with Crippen molar-refractivity contribution in [3.8, 4) is 17.2 Å². The van der Waals surface area contributed by atoms with Crippen molar-refractivity contribution in [3.63, 3.8) is 0 Å². The molecule has 0 unspecified atom stereocenters. The average Bonchev–Trinajstić information content (AvgIpc) is 2.70. The minimum atomic E-state index is -4.00. The standard InChI is InChI=1S/C23H19ClN2O4S/c1-14-7-8-22(21(27)9-14)31(28,29)26-17-10-15(2)23(19(24)12-17)30-18-11-16-5-3-4-6-20(16)25-13-18/h3-13,26-27H,1-2H3. The predicted molar refractivity (Wildman–Crippen MR) is 122 cm³/mol. The molecule has 158 valence electrons. The zero-order chi connectivity index (χ0) is 22.2. The van der Waals surface area contributed by atoms with Gasteiger partial charge in [0.15, 0.2) is 0 Å². The molecular weight excluding hydrogens is 436 g/mol. The van der Waals surface area contributed by atoms with Crippen molar-refractivity contribution in [2.75, 3.05) is 4.72 Å². The van der Waals surface area contributed by atoms with Gasteiger partial charge in [0.05, 0.1) is 22.4 Å². The van der Waals surface area contributed by atoms with E-state index in [2.05, 4.69) is 9.71 Å². The number of halogens is 1. The van der Waals surface area contributed by atoms with Gasteiger partial charge in [-0.2, -0.15) is 0 Å². The van der Waals surface area contributed by atoms with E-state index in [1.54, 1.807) is 32.2 Å². The van der Waals surface area contributed by atoms with Gasteiger partial charge >= 0.3 is 0 Å². The van der Waals surface area contributed by atoms with Crippen LogP contribution in [0.2, 0.25) is 5.02 Å². The molecular formula is C23H19ClN2O4S. The molecule has 3 aromatic carbocycles. The SMILES string of the molecule is Cc1ccc(S(=O)(=O)Nc2cc(C)c(Oc3cnc4ccccc4c3)c(Cl)c2)c(O)c1. The number of pyridine rings is 1. The van der Waals surface area contributed by atoms with Crippen LogP contribution in [0.1, 0.15) is 11.1 Å². The first-order chi connectivity index (χ1) is 14.7. The molecule has 1 aromatic heterocycles. The van der Waals surface area contributed by atoms with Crippen LogP contribution in [0.4, 0.5) is 5.69 Å². The predicted octanol–water partition coefficient (Wildman–Crippen LogP) is 5.80. The van der Waals surface area contributed by atoms with Crippen molar-refractivity contribution >= 4 is 38.2 Å². The third-order valence-electron chi connectivity index (χ3n) is 4.67. The molecule has 0 radical (unpaired) electrons. The first kappa shape index (κ1) is 21.0. The van der Waals surface area contributed by atoms with Crippen LogP contribution in [0.5, 0.6) is 17.2 Å². The van der Waals surface area contributed by atoms with Gasteiger partial charge in [-0.05, 0) is 61.4 Å². The summed E-state index contributed by atoms with van der Waals surface area (Å²) in [4.78, 5) is 4.15. The number of aryl methyl sites for hydroxylation is 2.